The largest absolute Gasteiger partial charge is 0.481 e. The molecule has 15 heavy (non-hydrogen) atoms. The van der Waals surface area contributed by atoms with Gasteiger partial charge in [-0.1, -0.05) is 23.8 Å². The molecule has 0 saturated heterocycles. The van der Waals surface area contributed by atoms with Crippen molar-refractivity contribution >= 4 is 5.97 Å². The van der Waals surface area contributed by atoms with Crippen molar-refractivity contribution < 1.29 is 9.90 Å². The molecule has 0 heterocycles. The highest BCUT2D eigenvalue weighted by molar-refractivity contribution is 5.70. The number of rotatable bonds is 3. The van der Waals surface area contributed by atoms with Crippen LogP contribution in [0.2, 0.25) is 0 Å². The van der Waals surface area contributed by atoms with E-state index in [2.05, 4.69) is 32.0 Å². The SMILES string of the molecule is Cc1ccc(C2(CC(=O)O)CC2)c(C)c1. The van der Waals surface area contributed by atoms with E-state index >= 15 is 0 Å². The monoisotopic (exact) mass is 204 g/mol. The fourth-order valence-corrected chi connectivity index (χ4v) is 2.39. The van der Waals surface area contributed by atoms with Gasteiger partial charge in [-0.2, -0.15) is 0 Å². The minimum Gasteiger partial charge on any atom is -0.481 e. The number of carboxylic acid groups (broad SMARTS) is 1. The molecule has 2 nitrogen and oxygen atoms in total. The number of carbonyl (C=O) groups is 1. The van der Waals surface area contributed by atoms with Gasteiger partial charge in [0, 0.05) is 5.41 Å². The Kier molecular flexibility index (Phi) is 2.29. The minimum absolute atomic E-state index is 0.0520. The third-order valence-electron chi connectivity index (χ3n) is 3.30. The van der Waals surface area contributed by atoms with Crippen LogP contribution in [0, 0.1) is 13.8 Å². The van der Waals surface area contributed by atoms with Gasteiger partial charge in [-0.3, -0.25) is 4.79 Å². The highest BCUT2D eigenvalue weighted by Gasteiger charge is 2.46. The quantitative estimate of drug-likeness (QED) is 0.822. The Balaban J connectivity index is 2.33. The number of carboxylic acids is 1. The molecule has 0 aliphatic heterocycles. The van der Waals surface area contributed by atoms with E-state index in [0.29, 0.717) is 0 Å². The Bertz CT molecular complexity index is 403. The van der Waals surface area contributed by atoms with Crippen LogP contribution in [0.15, 0.2) is 18.2 Å². The van der Waals surface area contributed by atoms with Gasteiger partial charge in [-0.15, -0.1) is 0 Å². The fraction of sp³-hybridized carbons (Fsp3) is 0.462. The molecule has 80 valence electrons. The summed E-state index contributed by atoms with van der Waals surface area (Å²) < 4.78 is 0. The summed E-state index contributed by atoms with van der Waals surface area (Å²) in [6, 6.07) is 6.31. The summed E-state index contributed by atoms with van der Waals surface area (Å²) in [5.74, 6) is -0.688. The highest BCUT2D eigenvalue weighted by Crippen LogP contribution is 2.52. The van der Waals surface area contributed by atoms with Crippen molar-refractivity contribution in [3.05, 3.63) is 34.9 Å². The Morgan fingerprint density at radius 1 is 1.40 bits per heavy atom. The zero-order valence-corrected chi connectivity index (χ0v) is 9.21. The molecule has 1 saturated carbocycles. The molecular formula is C13H16O2. The highest BCUT2D eigenvalue weighted by atomic mass is 16.4. The molecule has 2 rings (SSSR count). The molecule has 1 aliphatic carbocycles. The Morgan fingerprint density at radius 3 is 2.53 bits per heavy atom. The van der Waals surface area contributed by atoms with Crippen LogP contribution in [0.1, 0.15) is 36.0 Å². The molecule has 0 atom stereocenters. The lowest BCUT2D eigenvalue weighted by atomic mass is 9.88. The molecule has 2 heteroatoms. The molecule has 0 bridgehead atoms. The van der Waals surface area contributed by atoms with Crippen LogP contribution < -0.4 is 0 Å². The first-order valence-electron chi connectivity index (χ1n) is 5.33. The number of hydrogen-bond acceptors (Lipinski definition) is 1. The van der Waals surface area contributed by atoms with Crippen molar-refractivity contribution in [3.63, 3.8) is 0 Å². The second-order valence-corrected chi connectivity index (χ2v) is 4.67. The van der Waals surface area contributed by atoms with Gasteiger partial charge in [0.1, 0.15) is 0 Å². The number of hydrogen-bond donors (Lipinski definition) is 1. The summed E-state index contributed by atoms with van der Waals surface area (Å²) in [4.78, 5) is 10.8. The van der Waals surface area contributed by atoms with E-state index in [-0.39, 0.29) is 11.8 Å². The third kappa shape index (κ3) is 1.89. The molecule has 1 aromatic rings. The molecular weight excluding hydrogens is 188 g/mol. The van der Waals surface area contributed by atoms with Gasteiger partial charge in [0.25, 0.3) is 0 Å². The van der Waals surface area contributed by atoms with Crippen molar-refractivity contribution in [2.75, 3.05) is 0 Å². The van der Waals surface area contributed by atoms with Gasteiger partial charge >= 0.3 is 5.97 Å². The van der Waals surface area contributed by atoms with Gasteiger partial charge in [0.15, 0.2) is 0 Å². The normalized spacial score (nSPS) is 17.5. The van der Waals surface area contributed by atoms with Crippen molar-refractivity contribution in [1.82, 2.24) is 0 Å². The zero-order chi connectivity index (χ0) is 11.1. The fourth-order valence-electron chi connectivity index (χ4n) is 2.39. The maximum absolute atomic E-state index is 10.8. The van der Waals surface area contributed by atoms with E-state index < -0.39 is 5.97 Å². The molecule has 1 aliphatic rings. The van der Waals surface area contributed by atoms with Crippen LogP contribution in [0.3, 0.4) is 0 Å². The first kappa shape index (κ1) is 10.2. The van der Waals surface area contributed by atoms with Crippen molar-refractivity contribution in [2.45, 2.75) is 38.5 Å². The standard InChI is InChI=1S/C13H16O2/c1-9-3-4-11(10(2)7-9)13(5-6-13)8-12(14)15/h3-4,7H,5-6,8H2,1-2H3,(H,14,15). The van der Waals surface area contributed by atoms with Crippen molar-refractivity contribution in [3.8, 4) is 0 Å². The number of aryl methyl sites for hydroxylation is 2. The Hall–Kier alpha value is -1.31. The predicted octanol–water partition coefficient (Wildman–Crippen LogP) is 2.81. The molecule has 1 fully saturated rings. The summed E-state index contributed by atoms with van der Waals surface area (Å²) in [5.41, 5.74) is 3.65. The number of benzene rings is 1. The summed E-state index contributed by atoms with van der Waals surface area (Å²) in [6.45, 7) is 4.14. The topological polar surface area (TPSA) is 37.3 Å². The van der Waals surface area contributed by atoms with E-state index in [9.17, 15) is 4.79 Å². The predicted molar refractivity (Wildman–Crippen MR) is 59.1 cm³/mol. The Labute approximate surface area is 89.9 Å². The van der Waals surface area contributed by atoms with E-state index in [0.717, 1.165) is 12.8 Å². The lowest BCUT2D eigenvalue weighted by Gasteiger charge is -2.16. The maximum atomic E-state index is 10.8. The van der Waals surface area contributed by atoms with Crippen LogP contribution in [-0.4, -0.2) is 11.1 Å². The van der Waals surface area contributed by atoms with Crippen molar-refractivity contribution in [1.29, 1.82) is 0 Å². The Morgan fingerprint density at radius 2 is 2.07 bits per heavy atom. The van der Waals surface area contributed by atoms with E-state index in [1.165, 1.54) is 16.7 Å². The van der Waals surface area contributed by atoms with E-state index in [4.69, 9.17) is 5.11 Å². The average molecular weight is 204 g/mol. The summed E-state index contributed by atoms with van der Waals surface area (Å²) in [7, 11) is 0. The lowest BCUT2D eigenvalue weighted by molar-refractivity contribution is -0.137. The molecule has 0 aromatic heterocycles. The maximum Gasteiger partial charge on any atom is 0.304 e. The second kappa shape index (κ2) is 3.37. The van der Waals surface area contributed by atoms with Gasteiger partial charge < -0.3 is 5.11 Å². The van der Waals surface area contributed by atoms with Gasteiger partial charge in [-0.25, -0.2) is 0 Å². The molecule has 0 unspecified atom stereocenters. The average Bonchev–Trinajstić information content (AvgIpc) is 2.83. The van der Waals surface area contributed by atoms with Crippen LogP contribution >= 0.6 is 0 Å². The van der Waals surface area contributed by atoms with Gasteiger partial charge in [-0.05, 0) is 37.8 Å². The summed E-state index contributed by atoms with van der Waals surface area (Å²) >= 11 is 0. The first-order valence-corrected chi connectivity index (χ1v) is 5.33. The molecule has 0 amide bonds. The minimum atomic E-state index is -0.688. The van der Waals surface area contributed by atoms with Crippen molar-refractivity contribution in [2.24, 2.45) is 0 Å². The van der Waals surface area contributed by atoms with Crippen LogP contribution in [-0.2, 0) is 10.2 Å². The van der Waals surface area contributed by atoms with Gasteiger partial charge in [0.05, 0.1) is 6.42 Å². The molecule has 0 spiro atoms. The number of aliphatic carboxylic acids is 1. The summed E-state index contributed by atoms with van der Waals surface area (Å²) in [6.07, 6.45) is 2.31. The first-order chi connectivity index (χ1) is 7.03. The zero-order valence-electron chi connectivity index (χ0n) is 9.21. The summed E-state index contributed by atoms with van der Waals surface area (Å²) in [5, 5.41) is 8.90. The second-order valence-electron chi connectivity index (χ2n) is 4.67. The van der Waals surface area contributed by atoms with E-state index in [1.807, 2.05) is 0 Å². The molecule has 1 N–H and O–H groups in total. The smallest absolute Gasteiger partial charge is 0.304 e. The van der Waals surface area contributed by atoms with E-state index in [1.54, 1.807) is 0 Å². The van der Waals surface area contributed by atoms with Crippen LogP contribution in [0.4, 0.5) is 0 Å². The molecule has 0 radical (unpaired) electrons. The van der Waals surface area contributed by atoms with Gasteiger partial charge in [0.2, 0.25) is 0 Å². The van der Waals surface area contributed by atoms with Crippen LogP contribution in [0.5, 0.6) is 0 Å². The third-order valence-corrected chi connectivity index (χ3v) is 3.30. The van der Waals surface area contributed by atoms with Crippen LogP contribution in [0.25, 0.3) is 0 Å². The molecule has 1 aromatic carbocycles. The lowest BCUT2D eigenvalue weighted by Crippen LogP contribution is -2.14.